The van der Waals surface area contributed by atoms with Gasteiger partial charge in [0.2, 0.25) is 0 Å². The van der Waals surface area contributed by atoms with Gasteiger partial charge in [0.1, 0.15) is 10.8 Å². The molecule has 5 rings (SSSR count). The van der Waals surface area contributed by atoms with Gasteiger partial charge in [-0.3, -0.25) is 9.69 Å². The number of thiazole rings is 2. The van der Waals surface area contributed by atoms with Crippen LogP contribution in [-0.2, 0) is 29.8 Å². The standard InChI is InChI=1S/C24H32FN3OS2/c1-16-26-14-20(30-16)13-19(29)12-18-4-2-17(3-5-18)6-10-28-11-7-22-21(15-28)27-23(31-22)24(25)8-9-24/h14,17-18H,2-13,15H2,1H3. The van der Waals surface area contributed by atoms with Crippen molar-refractivity contribution in [2.24, 2.45) is 11.8 Å². The Kier molecular flexibility index (Phi) is 6.28. The van der Waals surface area contributed by atoms with E-state index in [9.17, 15) is 9.18 Å². The topological polar surface area (TPSA) is 46.1 Å². The number of carbonyl (C=O) groups excluding carboxylic acids is 1. The molecule has 4 nitrogen and oxygen atoms in total. The predicted molar refractivity (Wildman–Crippen MR) is 123 cm³/mol. The predicted octanol–water partition coefficient (Wildman–Crippen LogP) is 5.62. The summed E-state index contributed by atoms with van der Waals surface area (Å²) >= 11 is 3.26. The Morgan fingerprint density at radius 2 is 2.00 bits per heavy atom. The zero-order valence-corrected chi connectivity index (χ0v) is 20.0. The minimum atomic E-state index is -1.09. The highest BCUT2D eigenvalue weighted by Gasteiger charge is 2.48. The first-order chi connectivity index (χ1) is 15.0. The van der Waals surface area contributed by atoms with Crippen LogP contribution in [0.3, 0.4) is 0 Å². The minimum absolute atomic E-state index is 0.375. The summed E-state index contributed by atoms with van der Waals surface area (Å²) in [6.07, 6.45) is 11.6. The minimum Gasteiger partial charge on any atom is -0.299 e. The molecule has 1 aliphatic heterocycles. The fourth-order valence-electron chi connectivity index (χ4n) is 5.12. The molecule has 2 fully saturated rings. The number of ketones is 1. The van der Waals surface area contributed by atoms with Gasteiger partial charge < -0.3 is 0 Å². The first-order valence-corrected chi connectivity index (χ1v) is 13.4. The normalized spacial score (nSPS) is 25.4. The lowest BCUT2D eigenvalue weighted by Crippen LogP contribution is -2.32. The summed E-state index contributed by atoms with van der Waals surface area (Å²) in [4.78, 5) is 26.3. The lowest BCUT2D eigenvalue weighted by Gasteiger charge is -2.31. The van der Waals surface area contributed by atoms with Gasteiger partial charge in [0.05, 0.1) is 10.7 Å². The molecule has 3 aliphatic rings. The van der Waals surface area contributed by atoms with Crippen molar-refractivity contribution in [3.05, 3.63) is 31.7 Å². The molecule has 0 saturated heterocycles. The fraction of sp³-hybridized carbons (Fsp3) is 0.708. The van der Waals surface area contributed by atoms with Gasteiger partial charge in [0.25, 0.3) is 0 Å². The van der Waals surface area contributed by atoms with Crippen molar-refractivity contribution in [2.75, 3.05) is 13.1 Å². The second-order valence-electron chi connectivity index (χ2n) is 9.82. The molecule has 2 aromatic heterocycles. The zero-order chi connectivity index (χ0) is 21.4. The molecule has 31 heavy (non-hydrogen) atoms. The summed E-state index contributed by atoms with van der Waals surface area (Å²) in [5.41, 5.74) is 0.0421. The Morgan fingerprint density at radius 3 is 2.71 bits per heavy atom. The molecular formula is C24H32FN3OS2. The molecular weight excluding hydrogens is 429 g/mol. The molecule has 168 valence electrons. The van der Waals surface area contributed by atoms with Gasteiger partial charge in [-0.05, 0) is 63.8 Å². The summed E-state index contributed by atoms with van der Waals surface area (Å²) < 4.78 is 14.3. The maximum absolute atomic E-state index is 14.3. The molecule has 0 spiro atoms. The SMILES string of the molecule is Cc1ncc(CC(=O)CC2CCC(CCN3CCc4sc(C5(F)CC5)nc4C3)CC2)s1. The van der Waals surface area contributed by atoms with Crippen molar-refractivity contribution in [2.45, 2.75) is 83.3 Å². The number of carbonyl (C=O) groups is 1. The highest BCUT2D eigenvalue weighted by atomic mass is 32.1. The van der Waals surface area contributed by atoms with Gasteiger partial charge in [0.15, 0.2) is 5.67 Å². The van der Waals surface area contributed by atoms with E-state index in [0.717, 1.165) is 59.0 Å². The molecule has 0 bridgehead atoms. The number of Topliss-reactive ketones (excluding diaryl/α,β-unsaturated/α-hetero) is 1. The number of hydrogen-bond acceptors (Lipinski definition) is 6. The van der Waals surface area contributed by atoms with Crippen molar-refractivity contribution in [1.82, 2.24) is 14.9 Å². The number of rotatable bonds is 8. The number of halogens is 1. The summed E-state index contributed by atoms with van der Waals surface area (Å²) in [5, 5.41) is 1.77. The first-order valence-electron chi connectivity index (χ1n) is 11.8. The molecule has 2 aromatic rings. The van der Waals surface area contributed by atoms with Crippen LogP contribution in [0.15, 0.2) is 6.20 Å². The number of aryl methyl sites for hydroxylation is 1. The van der Waals surface area contributed by atoms with Crippen molar-refractivity contribution in [3.63, 3.8) is 0 Å². The van der Waals surface area contributed by atoms with Gasteiger partial charge in [-0.25, -0.2) is 14.4 Å². The number of nitrogens with zero attached hydrogens (tertiary/aromatic N) is 3. The second kappa shape index (κ2) is 8.99. The van der Waals surface area contributed by atoms with E-state index in [0.29, 0.717) is 31.0 Å². The third-order valence-electron chi connectivity index (χ3n) is 7.26. The number of alkyl halides is 1. The van der Waals surface area contributed by atoms with Gasteiger partial charge >= 0.3 is 0 Å². The van der Waals surface area contributed by atoms with Crippen LogP contribution in [-0.4, -0.2) is 33.7 Å². The Balaban J connectivity index is 1.02. The maximum atomic E-state index is 14.3. The Morgan fingerprint density at radius 1 is 1.23 bits per heavy atom. The molecule has 0 radical (unpaired) electrons. The summed E-state index contributed by atoms with van der Waals surface area (Å²) in [6.45, 7) is 5.08. The Labute approximate surface area is 192 Å². The van der Waals surface area contributed by atoms with E-state index in [1.165, 1.54) is 37.0 Å². The van der Waals surface area contributed by atoms with Crippen LogP contribution in [0.4, 0.5) is 4.39 Å². The second-order valence-corrected chi connectivity index (χ2v) is 12.2. The molecule has 0 unspecified atom stereocenters. The quantitative estimate of drug-likeness (QED) is 0.512. The Bertz CT molecular complexity index is 927. The van der Waals surface area contributed by atoms with Crippen molar-refractivity contribution in [3.8, 4) is 0 Å². The number of aromatic nitrogens is 2. The third-order valence-corrected chi connectivity index (χ3v) is 9.51. The average Bonchev–Trinajstić information content (AvgIpc) is 3.16. The highest BCUT2D eigenvalue weighted by molar-refractivity contribution is 7.12. The zero-order valence-electron chi connectivity index (χ0n) is 18.4. The van der Waals surface area contributed by atoms with Crippen LogP contribution in [0.25, 0.3) is 0 Å². The van der Waals surface area contributed by atoms with Crippen LogP contribution in [0.5, 0.6) is 0 Å². The van der Waals surface area contributed by atoms with Crippen LogP contribution < -0.4 is 0 Å². The summed E-state index contributed by atoms with van der Waals surface area (Å²) in [5.74, 6) is 1.72. The van der Waals surface area contributed by atoms with Gasteiger partial charge in [-0.1, -0.05) is 12.8 Å². The van der Waals surface area contributed by atoms with Crippen molar-refractivity contribution >= 4 is 28.5 Å². The van der Waals surface area contributed by atoms with Crippen LogP contribution in [0, 0.1) is 18.8 Å². The maximum Gasteiger partial charge on any atom is 0.162 e. The molecule has 2 aliphatic carbocycles. The molecule has 0 aromatic carbocycles. The van der Waals surface area contributed by atoms with E-state index in [4.69, 9.17) is 0 Å². The summed E-state index contributed by atoms with van der Waals surface area (Å²) in [7, 11) is 0. The smallest absolute Gasteiger partial charge is 0.162 e. The summed E-state index contributed by atoms with van der Waals surface area (Å²) in [6, 6.07) is 0. The lowest BCUT2D eigenvalue weighted by molar-refractivity contribution is -0.119. The van der Waals surface area contributed by atoms with E-state index < -0.39 is 5.67 Å². The van der Waals surface area contributed by atoms with E-state index in [2.05, 4.69) is 14.9 Å². The number of fused-ring (bicyclic) bond motifs is 1. The lowest BCUT2D eigenvalue weighted by atomic mass is 9.78. The van der Waals surface area contributed by atoms with Gasteiger partial charge in [0, 0.05) is 41.9 Å². The Hall–Kier alpha value is -1.18. The van der Waals surface area contributed by atoms with Crippen molar-refractivity contribution < 1.29 is 9.18 Å². The van der Waals surface area contributed by atoms with E-state index in [-0.39, 0.29) is 0 Å². The van der Waals surface area contributed by atoms with E-state index in [1.807, 2.05) is 13.1 Å². The van der Waals surface area contributed by atoms with Gasteiger partial charge in [-0.15, -0.1) is 22.7 Å². The molecule has 0 atom stereocenters. The van der Waals surface area contributed by atoms with Crippen molar-refractivity contribution in [1.29, 1.82) is 0 Å². The van der Waals surface area contributed by atoms with E-state index >= 15 is 0 Å². The monoisotopic (exact) mass is 461 g/mol. The molecule has 0 N–H and O–H groups in total. The molecule has 2 saturated carbocycles. The number of hydrogen-bond donors (Lipinski definition) is 0. The first kappa shape index (κ1) is 21.7. The largest absolute Gasteiger partial charge is 0.299 e. The average molecular weight is 462 g/mol. The molecule has 3 heterocycles. The molecule has 7 heteroatoms. The van der Waals surface area contributed by atoms with Crippen LogP contribution in [0.2, 0.25) is 0 Å². The third kappa shape index (κ3) is 5.25. The highest BCUT2D eigenvalue weighted by Crippen LogP contribution is 2.51. The van der Waals surface area contributed by atoms with E-state index in [1.54, 1.807) is 22.7 Å². The molecule has 0 amide bonds. The van der Waals surface area contributed by atoms with Crippen LogP contribution >= 0.6 is 22.7 Å². The van der Waals surface area contributed by atoms with Crippen LogP contribution in [0.1, 0.15) is 76.8 Å². The van der Waals surface area contributed by atoms with Gasteiger partial charge in [-0.2, -0.15) is 0 Å². The fourth-order valence-corrected chi connectivity index (χ4v) is 7.14.